The quantitative estimate of drug-likeness (QED) is 0.330. The van der Waals surface area contributed by atoms with Gasteiger partial charge in [0.05, 0.1) is 0 Å². The van der Waals surface area contributed by atoms with Gasteiger partial charge >= 0.3 is 17.5 Å². The predicted molar refractivity (Wildman–Crippen MR) is 52.3 cm³/mol. The molecule has 0 N–H and O–H groups in total. The van der Waals surface area contributed by atoms with Crippen LogP contribution in [0.2, 0.25) is 0 Å². The van der Waals surface area contributed by atoms with E-state index in [0.717, 1.165) is 0 Å². The first-order chi connectivity index (χ1) is 9.56. The van der Waals surface area contributed by atoms with Crippen LogP contribution < -0.4 is 0 Å². The van der Waals surface area contributed by atoms with Gasteiger partial charge in [-0.1, -0.05) is 0 Å². The molecule has 0 aliphatic rings. The summed E-state index contributed by atoms with van der Waals surface area (Å²) in [6.45, 7) is 0. The third-order valence-corrected chi connectivity index (χ3v) is 1.93. The van der Waals surface area contributed by atoms with Gasteiger partial charge in [0.25, 0.3) is 0 Å². The van der Waals surface area contributed by atoms with Gasteiger partial charge in [-0.2, -0.15) is 0 Å². The first kappa shape index (κ1) is 15.2. The first-order valence-electron chi connectivity index (χ1n) is 4.26. The molecule has 0 amide bonds. The van der Waals surface area contributed by atoms with E-state index in [9.17, 15) is 50.6 Å². The van der Waals surface area contributed by atoms with Gasteiger partial charge in [-0.15, -0.1) is 0 Å². The van der Waals surface area contributed by atoms with Crippen LogP contribution in [0.5, 0.6) is 0 Å². The van der Waals surface area contributed by atoms with Crippen LogP contribution in [0.25, 0.3) is 0 Å². The van der Waals surface area contributed by atoms with Crippen LogP contribution in [0.3, 0.4) is 0 Å². The summed E-state index contributed by atoms with van der Waals surface area (Å²) in [5.41, 5.74) is 0. The van der Waals surface area contributed by atoms with Gasteiger partial charge in [-0.05, 0) is 9.85 Å². The second-order valence-corrected chi connectivity index (χ2v) is 3.02. The average Bonchev–Trinajstić information content (AvgIpc) is 2.73. The molecule has 1 heterocycles. The number of aromatic nitrogens is 3. The van der Waals surface area contributed by atoms with Crippen LogP contribution in [0.1, 0.15) is 0 Å². The van der Waals surface area contributed by atoms with Gasteiger partial charge < -0.3 is 20.2 Å². The van der Waals surface area contributed by atoms with Crippen molar-refractivity contribution in [2.24, 2.45) is 0 Å². The molecule has 0 saturated heterocycles. The fourth-order valence-electron chi connectivity index (χ4n) is 1.08. The lowest BCUT2D eigenvalue weighted by atomic mass is 10.7. The van der Waals surface area contributed by atoms with Gasteiger partial charge in [0.2, 0.25) is 19.6 Å². The Hall–Kier alpha value is -3.86. The summed E-state index contributed by atoms with van der Waals surface area (Å²) in [7, 11) is 0. The van der Waals surface area contributed by atoms with Crippen molar-refractivity contribution in [2.75, 3.05) is 0 Å². The maximum Gasteiger partial charge on any atom is 0.871 e. The van der Waals surface area contributed by atoms with E-state index >= 15 is 0 Å². The molecule has 0 aliphatic carbocycles. The first-order valence-corrected chi connectivity index (χ1v) is 4.26. The molecular weight excluding hydrogens is 308 g/mol. The molecule has 0 fully saturated rings. The predicted octanol–water partition coefficient (Wildman–Crippen LogP) is -1.51. The molecule has 0 radical (unpaired) electrons. The molecule has 112 valence electrons. The van der Waals surface area contributed by atoms with Crippen molar-refractivity contribution >= 4 is 11.6 Å². The van der Waals surface area contributed by atoms with Crippen LogP contribution in [0.15, 0.2) is 0 Å². The van der Waals surface area contributed by atoms with E-state index in [-0.39, 0.29) is 0 Å². The number of hydrogen-bond donors (Lipinski definition) is 0. The fraction of sp³-hybridized carbons (Fsp3) is 0.333. The molecular formula is C3N8O10. The van der Waals surface area contributed by atoms with Crippen molar-refractivity contribution in [3.8, 4) is 0 Å². The normalized spacial score (nSPS) is 10.9. The highest BCUT2D eigenvalue weighted by molar-refractivity contribution is 5.37. The Labute approximate surface area is 109 Å². The number of hydrogen-bond acceptors (Lipinski definition) is 12. The summed E-state index contributed by atoms with van der Waals surface area (Å²) in [4.78, 5) is 42.7. The number of nitrogens with zero attached hydrogens (tertiary/aromatic N) is 8. The molecule has 0 atom stereocenters. The van der Waals surface area contributed by atoms with E-state index in [0.29, 0.717) is 0 Å². The third kappa shape index (κ3) is 2.00. The monoisotopic (exact) mass is 308 g/mol. The Morgan fingerprint density at radius 2 is 1.00 bits per heavy atom. The van der Waals surface area contributed by atoms with Crippen LogP contribution in [-0.4, -0.2) is 39.6 Å². The molecule has 0 aromatic carbocycles. The van der Waals surface area contributed by atoms with E-state index in [4.69, 9.17) is 0 Å². The van der Waals surface area contributed by atoms with Crippen molar-refractivity contribution in [3.63, 3.8) is 0 Å². The van der Waals surface area contributed by atoms with Gasteiger partial charge in [0.15, 0.2) is 0 Å². The van der Waals surface area contributed by atoms with Crippen molar-refractivity contribution in [1.82, 2.24) is 15.0 Å². The zero-order valence-corrected chi connectivity index (χ0v) is 9.16. The van der Waals surface area contributed by atoms with Crippen LogP contribution in [-0.2, 0) is 5.91 Å². The largest absolute Gasteiger partial charge is 0.871 e. The van der Waals surface area contributed by atoms with E-state index in [1.807, 2.05) is 0 Å². The number of nitro groups is 5. The maximum absolute atomic E-state index is 10.6. The zero-order valence-electron chi connectivity index (χ0n) is 9.16. The van der Waals surface area contributed by atoms with Crippen molar-refractivity contribution in [2.45, 2.75) is 5.91 Å². The summed E-state index contributed by atoms with van der Waals surface area (Å²) in [6, 6.07) is 0. The van der Waals surface area contributed by atoms with E-state index < -0.39 is 47.0 Å². The molecule has 0 unspecified atom stereocenters. The SMILES string of the molecule is O=[N+]([O-])c1nn(C([N+](=O)[O-])([N+](=O)[O-])[N+](=O)[O-])nc1[N+](=O)[O-]. The van der Waals surface area contributed by atoms with E-state index in [1.165, 1.54) is 0 Å². The molecule has 0 bridgehead atoms. The summed E-state index contributed by atoms with van der Waals surface area (Å²) in [5.74, 6) is -7.93. The standard InChI is InChI=1S/C3N8O10/c12-6(13)1-2(7(14)15)5-8(4-1)3(9(16)17,10(18)19)11(20)21. The molecule has 21 heavy (non-hydrogen) atoms. The minimum atomic E-state index is -4.47. The minimum Gasteiger partial charge on any atom is -0.358 e. The summed E-state index contributed by atoms with van der Waals surface area (Å²) in [6.07, 6.45) is 0. The highest BCUT2D eigenvalue weighted by Gasteiger charge is 2.82. The second kappa shape index (κ2) is 4.67. The third-order valence-electron chi connectivity index (χ3n) is 1.93. The fourth-order valence-corrected chi connectivity index (χ4v) is 1.08. The lowest BCUT2D eigenvalue weighted by molar-refractivity contribution is -1.01. The molecule has 0 aliphatic heterocycles. The zero-order chi connectivity index (χ0) is 16.5. The van der Waals surface area contributed by atoms with Crippen molar-refractivity contribution in [3.05, 3.63) is 50.6 Å². The highest BCUT2D eigenvalue weighted by atomic mass is 16.7. The average molecular weight is 308 g/mol. The minimum absolute atomic E-state index is 0.913. The Kier molecular flexibility index (Phi) is 3.38. The van der Waals surface area contributed by atoms with Gasteiger partial charge in [0, 0.05) is 0 Å². The van der Waals surface area contributed by atoms with E-state index in [2.05, 4.69) is 10.2 Å². The Bertz CT molecular complexity index is 606. The van der Waals surface area contributed by atoms with Crippen LogP contribution in [0.4, 0.5) is 11.6 Å². The lowest BCUT2D eigenvalue weighted by Gasteiger charge is -2.00. The highest BCUT2D eigenvalue weighted by Crippen LogP contribution is 2.26. The molecule has 1 aromatic rings. The van der Waals surface area contributed by atoms with Gasteiger partial charge in [-0.25, -0.2) is 0 Å². The van der Waals surface area contributed by atoms with Gasteiger partial charge in [-0.3, -0.25) is 30.3 Å². The summed E-state index contributed by atoms with van der Waals surface area (Å²) < 4.78 is 0. The molecule has 1 aromatic heterocycles. The van der Waals surface area contributed by atoms with E-state index in [1.54, 1.807) is 0 Å². The molecule has 0 spiro atoms. The Morgan fingerprint density at radius 3 is 1.19 bits per heavy atom. The van der Waals surface area contributed by atoms with Crippen LogP contribution >= 0.6 is 0 Å². The molecule has 18 nitrogen and oxygen atoms in total. The molecule has 18 heteroatoms. The molecule has 1 rings (SSSR count). The Morgan fingerprint density at radius 1 is 0.714 bits per heavy atom. The smallest absolute Gasteiger partial charge is 0.358 e. The van der Waals surface area contributed by atoms with Gasteiger partial charge in [0.1, 0.15) is 10.2 Å². The second-order valence-electron chi connectivity index (χ2n) is 3.02. The maximum atomic E-state index is 10.6. The molecule has 0 saturated carbocycles. The summed E-state index contributed by atoms with van der Waals surface area (Å²) in [5, 5.41) is 57.9. The number of rotatable bonds is 6. The van der Waals surface area contributed by atoms with Crippen LogP contribution in [0, 0.1) is 50.6 Å². The lowest BCUT2D eigenvalue weighted by Crippen LogP contribution is -2.56. The topological polar surface area (TPSA) is 246 Å². The summed E-state index contributed by atoms with van der Waals surface area (Å²) >= 11 is 0. The Balaban J connectivity index is 3.77. The van der Waals surface area contributed by atoms with Crippen molar-refractivity contribution in [1.29, 1.82) is 0 Å². The van der Waals surface area contributed by atoms with Crippen molar-refractivity contribution < 1.29 is 24.6 Å².